The fourth-order valence-corrected chi connectivity index (χ4v) is 3.64. The molecule has 2 aliphatic heterocycles. The molecule has 1 fully saturated rings. The molecule has 3 nitrogen and oxygen atoms in total. The van der Waals surface area contributed by atoms with Gasteiger partial charge in [-0.15, -0.1) is 0 Å². The Kier molecular flexibility index (Phi) is 3.40. The molecule has 2 aromatic rings. The third-order valence-corrected chi connectivity index (χ3v) is 4.85. The van der Waals surface area contributed by atoms with Crippen molar-refractivity contribution in [1.82, 2.24) is 4.90 Å². The highest BCUT2D eigenvalue weighted by molar-refractivity contribution is 6.31. The molecule has 0 bridgehead atoms. The molecule has 2 aromatic carbocycles. The van der Waals surface area contributed by atoms with Gasteiger partial charge in [-0.3, -0.25) is 4.79 Å². The highest BCUT2D eigenvalue weighted by Gasteiger charge is 2.45. The third kappa shape index (κ3) is 2.21. The van der Waals surface area contributed by atoms with Crippen LogP contribution in [0, 0.1) is 0 Å². The first kappa shape index (κ1) is 13.8. The average Bonchev–Trinajstić information content (AvgIpc) is 2.85. The molecule has 0 aliphatic carbocycles. The van der Waals surface area contributed by atoms with Crippen molar-refractivity contribution < 1.29 is 9.53 Å². The Morgan fingerprint density at radius 2 is 1.95 bits per heavy atom. The smallest absolute Gasteiger partial charge is 0.233 e. The van der Waals surface area contributed by atoms with E-state index in [2.05, 4.69) is 0 Å². The number of hydrogen-bond donors (Lipinski definition) is 0. The zero-order valence-corrected chi connectivity index (χ0v) is 12.8. The first-order valence-corrected chi connectivity index (χ1v) is 7.83. The maximum absolute atomic E-state index is 12.8. The predicted octanol–water partition coefficient (Wildman–Crippen LogP) is 3.36. The van der Waals surface area contributed by atoms with Crippen LogP contribution in [-0.2, 0) is 22.7 Å². The molecule has 0 spiro atoms. The number of nitrogens with zero attached hydrogens (tertiary/aromatic N) is 1. The van der Waals surface area contributed by atoms with Crippen molar-refractivity contribution >= 4 is 17.5 Å². The quantitative estimate of drug-likeness (QED) is 0.851. The fraction of sp³-hybridized carbons (Fsp3) is 0.278. The van der Waals surface area contributed by atoms with Crippen LogP contribution in [-0.4, -0.2) is 23.5 Å². The molecule has 2 atom stereocenters. The standard InChI is InChI=1S/C18H16ClNO2/c19-15-8-4-7-13-14(15)11-22-16-10-20(18(21)17(13)16)9-12-5-2-1-3-6-12/h1-8,16-17H,9-11H2/t16-,17?/m0/s1. The van der Waals surface area contributed by atoms with E-state index < -0.39 is 0 Å². The summed E-state index contributed by atoms with van der Waals surface area (Å²) >= 11 is 6.24. The zero-order valence-electron chi connectivity index (χ0n) is 12.0. The highest BCUT2D eigenvalue weighted by Crippen LogP contribution is 2.40. The number of fused-ring (bicyclic) bond motifs is 3. The molecule has 2 heterocycles. The zero-order chi connectivity index (χ0) is 15.1. The number of carbonyl (C=O) groups excluding carboxylic acids is 1. The maximum Gasteiger partial charge on any atom is 0.233 e. The Bertz CT molecular complexity index is 716. The number of halogens is 1. The molecule has 1 unspecified atom stereocenters. The molecular weight excluding hydrogens is 298 g/mol. The maximum atomic E-state index is 12.8. The number of ether oxygens (including phenoxy) is 1. The average molecular weight is 314 g/mol. The lowest BCUT2D eigenvalue weighted by Gasteiger charge is -2.26. The second-order valence-electron chi connectivity index (χ2n) is 5.84. The molecule has 1 saturated heterocycles. The van der Waals surface area contributed by atoms with Crippen LogP contribution >= 0.6 is 11.6 Å². The molecule has 22 heavy (non-hydrogen) atoms. The minimum absolute atomic E-state index is 0.0674. The second-order valence-corrected chi connectivity index (χ2v) is 6.25. The van der Waals surface area contributed by atoms with Gasteiger partial charge in [0.05, 0.1) is 18.6 Å². The van der Waals surface area contributed by atoms with Gasteiger partial charge < -0.3 is 9.64 Å². The molecule has 0 radical (unpaired) electrons. The summed E-state index contributed by atoms with van der Waals surface area (Å²) in [5.41, 5.74) is 3.13. The number of amides is 1. The summed E-state index contributed by atoms with van der Waals surface area (Å²) < 4.78 is 5.90. The van der Waals surface area contributed by atoms with Crippen LogP contribution in [0.5, 0.6) is 0 Å². The fourth-order valence-electron chi connectivity index (χ4n) is 3.41. The monoisotopic (exact) mass is 313 g/mol. The van der Waals surface area contributed by atoms with Gasteiger partial charge in [0, 0.05) is 23.7 Å². The van der Waals surface area contributed by atoms with E-state index in [-0.39, 0.29) is 17.9 Å². The molecule has 1 amide bonds. The van der Waals surface area contributed by atoms with E-state index in [9.17, 15) is 4.79 Å². The Morgan fingerprint density at radius 1 is 1.14 bits per heavy atom. The number of carbonyl (C=O) groups is 1. The predicted molar refractivity (Wildman–Crippen MR) is 84.6 cm³/mol. The summed E-state index contributed by atoms with van der Waals surface area (Å²) in [4.78, 5) is 14.7. The van der Waals surface area contributed by atoms with E-state index in [0.717, 1.165) is 16.7 Å². The van der Waals surface area contributed by atoms with Crippen LogP contribution in [0.15, 0.2) is 48.5 Å². The SMILES string of the molecule is O=C1C2c3cccc(Cl)c3CO[C@H]2CN1Cc1ccccc1. The van der Waals surface area contributed by atoms with Gasteiger partial charge in [0.15, 0.2) is 0 Å². The van der Waals surface area contributed by atoms with E-state index in [4.69, 9.17) is 16.3 Å². The van der Waals surface area contributed by atoms with Gasteiger partial charge in [0.25, 0.3) is 0 Å². The van der Waals surface area contributed by atoms with Crippen molar-refractivity contribution in [3.63, 3.8) is 0 Å². The molecule has 0 aromatic heterocycles. The van der Waals surface area contributed by atoms with E-state index in [1.54, 1.807) is 0 Å². The van der Waals surface area contributed by atoms with E-state index in [0.29, 0.717) is 24.7 Å². The number of likely N-dealkylation sites (tertiary alicyclic amines) is 1. The lowest BCUT2D eigenvalue weighted by Crippen LogP contribution is -2.28. The van der Waals surface area contributed by atoms with Crippen molar-refractivity contribution in [3.05, 3.63) is 70.2 Å². The number of benzene rings is 2. The summed E-state index contributed by atoms with van der Waals surface area (Å²) in [7, 11) is 0. The van der Waals surface area contributed by atoms with E-state index in [1.807, 2.05) is 53.4 Å². The topological polar surface area (TPSA) is 29.5 Å². The Balaban J connectivity index is 1.63. The van der Waals surface area contributed by atoms with Crippen LogP contribution < -0.4 is 0 Å². The minimum atomic E-state index is -0.217. The second kappa shape index (κ2) is 5.41. The van der Waals surface area contributed by atoms with Crippen LogP contribution in [0.3, 0.4) is 0 Å². The largest absolute Gasteiger partial charge is 0.370 e. The number of rotatable bonds is 2. The lowest BCUT2D eigenvalue weighted by atomic mass is 9.89. The summed E-state index contributed by atoms with van der Waals surface area (Å²) in [5.74, 6) is -0.0803. The molecule has 112 valence electrons. The Labute approximate surface area is 134 Å². The molecule has 0 saturated carbocycles. The van der Waals surface area contributed by atoms with Crippen LogP contribution in [0.4, 0.5) is 0 Å². The van der Waals surface area contributed by atoms with Gasteiger partial charge in [0.2, 0.25) is 5.91 Å². The normalized spacial score (nSPS) is 23.3. The Morgan fingerprint density at radius 3 is 2.77 bits per heavy atom. The first-order chi connectivity index (χ1) is 10.7. The number of hydrogen-bond acceptors (Lipinski definition) is 2. The van der Waals surface area contributed by atoms with E-state index >= 15 is 0 Å². The van der Waals surface area contributed by atoms with Crippen LogP contribution in [0.2, 0.25) is 5.02 Å². The van der Waals surface area contributed by atoms with Crippen molar-refractivity contribution in [3.8, 4) is 0 Å². The minimum Gasteiger partial charge on any atom is -0.370 e. The molecule has 0 N–H and O–H groups in total. The van der Waals surface area contributed by atoms with Gasteiger partial charge in [-0.05, 0) is 17.2 Å². The van der Waals surface area contributed by atoms with Gasteiger partial charge in [0.1, 0.15) is 0 Å². The molecule has 2 aliphatic rings. The highest BCUT2D eigenvalue weighted by atomic mass is 35.5. The van der Waals surface area contributed by atoms with Crippen molar-refractivity contribution in [2.75, 3.05) is 6.54 Å². The lowest BCUT2D eigenvalue weighted by molar-refractivity contribution is -0.130. The van der Waals surface area contributed by atoms with Crippen molar-refractivity contribution in [2.24, 2.45) is 0 Å². The van der Waals surface area contributed by atoms with Crippen molar-refractivity contribution in [1.29, 1.82) is 0 Å². The summed E-state index contributed by atoms with van der Waals surface area (Å²) in [6, 6.07) is 15.8. The van der Waals surface area contributed by atoms with Crippen LogP contribution in [0.25, 0.3) is 0 Å². The summed E-state index contributed by atoms with van der Waals surface area (Å²) in [6.45, 7) is 1.76. The van der Waals surface area contributed by atoms with Crippen LogP contribution in [0.1, 0.15) is 22.6 Å². The van der Waals surface area contributed by atoms with Crippen molar-refractivity contribution in [2.45, 2.75) is 25.2 Å². The molecular formula is C18H16ClNO2. The van der Waals surface area contributed by atoms with Gasteiger partial charge >= 0.3 is 0 Å². The first-order valence-electron chi connectivity index (χ1n) is 7.45. The molecule has 4 rings (SSSR count). The van der Waals surface area contributed by atoms with Gasteiger partial charge in [-0.1, -0.05) is 54.1 Å². The molecule has 4 heteroatoms. The van der Waals surface area contributed by atoms with Gasteiger partial charge in [-0.25, -0.2) is 0 Å². The summed E-state index contributed by atoms with van der Waals surface area (Å²) in [6.07, 6.45) is -0.0674. The summed E-state index contributed by atoms with van der Waals surface area (Å²) in [5, 5.41) is 0.685. The third-order valence-electron chi connectivity index (χ3n) is 4.50. The van der Waals surface area contributed by atoms with Gasteiger partial charge in [-0.2, -0.15) is 0 Å². The Hall–Kier alpha value is -1.84. The van der Waals surface area contributed by atoms with E-state index in [1.165, 1.54) is 0 Å².